The number of rotatable bonds is 4. The molecule has 0 saturated carbocycles. The van der Waals surface area contributed by atoms with Crippen molar-refractivity contribution in [2.24, 2.45) is 0 Å². The molecule has 1 aliphatic heterocycles. The molecule has 0 aliphatic carbocycles. The van der Waals surface area contributed by atoms with E-state index in [1.807, 2.05) is 30.3 Å². The van der Waals surface area contributed by atoms with E-state index in [-0.39, 0.29) is 18.4 Å². The molecule has 0 radical (unpaired) electrons. The van der Waals surface area contributed by atoms with Gasteiger partial charge in [-0.2, -0.15) is 0 Å². The molecule has 7 nitrogen and oxygen atoms in total. The summed E-state index contributed by atoms with van der Waals surface area (Å²) in [5.41, 5.74) is 7.58. The topological polar surface area (TPSA) is 92.4 Å². The second-order valence-corrected chi connectivity index (χ2v) is 9.16. The molecular formula is C20H18BrN5O2S. The molecule has 2 aromatic heterocycles. The lowest BCUT2D eigenvalue weighted by Crippen LogP contribution is -2.51. The third-order valence-corrected chi connectivity index (χ3v) is 6.31. The van der Waals surface area contributed by atoms with Gasteiger partial charge in [-0.3, -0.25) is 9.59 Å². The largest absolute Gasteiger partial charge is 0.383 e. The Morgan fingerprint density at radius 2 is 2.10 bits per heavy atom. The van der Waals surface area contributed by atoms with Crippen LogP contribution in [0.25, 0.3) is 17.0 Å². The normalized spacial score (nSPS) is 14.9. The van der Waals surface area contributed by atoms with E-state index in [1.54, 1.807) is 27.2 Å². The second-order valence-electron chi connectivity index (χ2n) is 6.66. The van der Waals surface area contributed by atoms with E-state index in [0.717, 1.165) is 25.1 Å². The minimum Gasteiger partial charge on any atom is -0.383 e. The highest BCUT2D eigenvalue weighted by molar-refractivity contribution is 9.11. The van der Waals surface area contributed by atoms with E-state index in [0.29, 0.717) is 25.5 Å². The maximum absolute atomic E-state index is 12.6. The zero-order valence-corrected chi connectivity index (χ0v) is 17.8. The van der Waals surface area contributed by atoms with E-state index in [1.165, 1.54) is 12.4 Å². The fourth-order valence-electron chi connectivity index (χ4n) is 3.18. The summed E-state index contributed by atoms with van der Waals surface area (Å²) >= 11 is 4.95. The van der Waals surface area contributed by atoms with Crippen molar-refractivity contribution in [3.8, 4) is 0 Å². The fraction of sp³-hybridized carbons (Fsp3) is 0.200. The first kappa shape index (κ1) is 19.5. The summed E-state index contributed by atoms with van der Waals surface area (Å²) in [7, 11) is 0. The van der Waals surface area contributed by atoms with Gasteiger partial charge in [0, 0.05) is 36.0 Å². The molecule has 2 amide bonds. The molecule has 3 aromatic rings. The quantitative estimate of drug-likeness (QED) is 0.590. The van der Waals surface area contributed by atoms with Crippen molar-refractivity contribution in [1.82, 2.24) is 19.8 Å². The Morgan fingerprint density at radius 1 is 1.24 bits per heavy atom. The van der Waals surface area contributed by atoms with Gasteiger partial charge in [0.2, 0.25) is 11.8 Å². The van der Waals surface area contributed by atoms with Crippen LogP contribution in [0.3, 0.4) is 0 Å². The van der Waals surface area contributed by atoms with Gasteiger partial charge in [0.25, 0.3) is 0 Å². The zero-order valence-electron chi connectivity index (χ0n) is 15.4. The number of benzene rings is 1. The van der Waals surface area contributed by atoms with Gasteiger partial charge in [-0.05, 0) is 51.8 Å². The van der Waals surface area contributed by atoms with Crippen molar-refractivity contribution in [2.45, 2.75) is 6.54 Å². The molecule has 148 valence electrons. The molecule has 0 spiro atoms. The third-order valence-electron chi connectivity index (χ3n) is 4.72. The van der Waals surface area contributed by atoms with E-state index in [2.05, 4.69) is 25.9 Å². The van der Waals surface area contributed by atoms with Crippen LogP contribution in [0.2, 0.25) is 0 Å². The monoisotopic (exact) mass is 471 g/mol. The first-order valence-electron chi connectivity index (χ1n) is 8.99. The molecule has 29 heavy (non-hydrogen) atoms. The van der Waals surface area contributed by atoms with Crippen molar-refractivity contribution in [3.05, 3.63) is 57.0 Å². The molecule has 1 saturated heterocycles. The van der Waals surface area contributed by atoms with E-state index in [4.69, 9.17) is 5.73 Å². The summed E-state index contributed by atoms with van der Waals surface area (Å²) in [6.07, 6.45) is 4.73. The maximum atomic E-state index is 12.6. The first-order chi connectivity index (χ1) is 14.0. The van der Waals surface area contributed by atoms with E-state index >= 15 is 0 Å². The molecule has 4 rings (SSSR count). The van der Waals surface area contributed by atoms with Crippen LogP contribution in [0, 0.1) is 0 Å². The Balaban J connectivity index is 1.38. The molecule has 0 unspecified atom stereocenters. The van der Waals surface area contributed by atoms with Gasteiger partial charge >= 0.3 is 0 Å². The number of piperazine rings is 1. The highest BCUT2D eigenvalue weighted by Crippen LogP contribution is 2.23. The van der Waals surface area contributed by atoms with Crippen LogP contribution in [0.4, 0.5) is 5.82 Å². The van der Waals surface area contributed by atoms with Gasteiger partial charge in [-0.1, -0.05) is 6.07 Å². The number of hydrogen-bond acceptors (Lipinski definition) is 6. The molecular weight excluding hydrogens is 454 g/mol. The first-order valence-corrected chi connectivity index (χ1v) is 10.6. The number of fused-ring (bicyclic) bond motifs is 1. The number of amides is 2. The number of thiophene rings is 1. The van der Waals surface area contributed by atoms with Gasteiger partial charge in [0.1, 0.15) is 18.7 Å². The van der Waals surface area contributed by atoms with Crippen molar-refractivity contribution >= 4 is 61.9 Å². The minimum absolute atomic E-state index is 0.0702. The molecule has 1 fully saturated rings. The molecule has 9 heteroatoms. The highest BCUT2D eigenvalue weighted by atomic mass is 79.9. The smallest absolute Gasteiger partial charge is 0.247 e. The summed E-state index contributed by atoms with van der Waals surface area (Å²) in [6, 6.07) is 9.58. The average molecular weight is 472 g/mol. The van der Waals surface area contributed by atoms with Crippen LogP contribution in [0.1, 0.15) is 10.4 Å². The van der Waals surface area contributed by atoms with E-state index < -0.39 is 0 Å². The molecule has 0 atom stereocenters. The van der Waals surface area contributed by atoms with Crippen molar-refractivity contribution in [3.63, 3.8) is 0 Å². The number of anilines is 1. The number of hydrogen-bond donors (Lipinski definition) is 1. The van der Waals surface area contributed by atoms with Crippen LogP contribution in [0.15, 0.2) is 46.5 Å². The van der Waals surface area contributed by atoms with Crippen LogP contribution in [0.5, 0.6) is 0 Å². The van der Waals surface area contributed by atoms with Crippen molar-refractivity contribution in [1.29, 1.82) is 0 Å². The summed E-state index contributed by atoms with van der Waals surface area (Å²) in [5.74, 6) is 0.215. The second kappa shape index (κ2) is 8.30. The fourth-order valence-corrected chi connectivity index (χ4v) is 4.51. The predicted molar refractivity (Wildman–Crippen MR) is 117 cm³/mol. The summed E-state index contributed by atoms with van der Waals surface area (Å²) in [4.78, 5) is 37.5. The van der Waals surface area contributed by atoms with Gasteiger partial charge < -0.3 is 15.5 Å². The molecule has 1 aromatic carbocycles. The Hall–Kier alpha value is -2.78. The van der Waals surface area contributed by atoms with Crippen LogP contribution >= 0.6 is 27.3 Å². The Morgan fingerprint density at radius 3 is 2.86 bits per heavy atom. The van der Waals surface area contributed by atoms with Gasteiger partial charge in [0.15, 0.2) is 0 Å². The lowest BCUT2D eigenvalue weighted by Gasteiger charge is -2.34. The summed E-state index contributed by atoms with van der Waals surface area (Å²) in [6.45, 7) is 1.55. The van der Waals surface area contributed by atoms with Crippen molar-refractivity contribution < 1.29 is 9.59 Å². The lowest BCUT2D eigenvalue weighted by molar-refractivity contribution is -0.143. The number of nitrogens with zero attached hydrogens (tertiary/aromatic N) is 4. The molecule has 1 aliphatic rings. The number of nitrogen functional groups attached to an aromatic ring is 1. The number of nitrogens with two attached hydrogens (primary N) is 1. The maximum Gasteiger partial charge on any atom is 0.247 e. The molecule has 0 bridgehead atoms. The average Bonchev–Trinajstić information content (AvgIpc) is 3.13. The van der Waals surface area contributed by atoms with Gasteiger partial charge in [-0.25, -0.2) is 9.97 Å². The Labute approximate surface area is 180 Å². The van der Waals surface area contributed by atoms with E-state index in [9.17, 15) is 9.59 Å². The Kier molecular flexibility index (Phi) is 5.59. The standard InChI is InChI=1S/C20H18BrN5O2S/c21-17-5-2-14(29-17)3-6-18(27)26-8-7-25(19(28)11-26)10-13-1-4-15-16(9-13)23-12-24-20(15)22/h1-6,9,12H,7-8,10-11H2,(H2,22,23,24). The number of aromatic nitrogens is 2. The number of halogens is 1. The summed E-state index contributed by atoms with van der Waals surface area (Å²) in [5, 5.41) is 0.794. The molecule has 3 heterocycles. The SMILES string of the molecule is Nc1ncnc2cc(CN3CCN(C(=O)C=Cc4ccc(Br)s4)CC3=O)ccc12. The third kappa shape index (κ3) is 4.46. The highest BCUT2D eigenvalue weighted by Gasteiger charge is 2.26. The number of carbonyl (C=O) groups is 2. The van der Waals surface area contributed by atoms with Crippen LogP contribution in [-0.2, 0) is 16.1 Å². The van der Waals surface area contributed by atoms with Gasteiger partial charge in [-0.15, -0.1) is 11.3 Å². The van der Waals surface area contributed by atoms with Crippen molar-refractivity contribution in [2.75, 3.05) is 25.4 Å². The molecule has 2 N–H and O–H groups in total. The zero-order chi connectivity index (χ0) is 20.4. The van der Waals surface area contributed by atoms with Crippen LogP contribution < -0.4 is 5.73 Å². The van der Waals surface area contributed by atoms with Crippen LogP contribution in [-0.4, -0.2) is 51.2 Å². The summed E-state index contributed by atoms with van der Waals surface area (Å²) < 4.78 is 1.01. The number of carbonyl (C=O) groups excluding carboxylic acids is 2. The van der Waals surface area contributed by atoms with Gasteiger partial charge in [0.05, 0.1) is 9.30 Å². The predicted octanol–water partition coefficient (Wildman–Crippen LogP) is 2.92. The minimum atomic E-state index is -0.152. The lowest BCUT2D eigenvalue weighted by atomic mass is 10.1. The Bertz CT molecular complexity index is 1110.